The Kier molecular flexibility index (Phi) is 3.47. The highest BCUT2D eigenvalue weighted by atomic mass is 32.2. The molecular formula is C11H16N2O3S. The van der Waals surface area contributed by atoms with Gasteiger partial charge in [0.15, 0.2) is 9.84 Å². The SMILES string of the molecule is CC(C)(C)S(=O)(=O)c1ccc(NC(N)=O)cc1. The molecule has 0 heterocycles. The molecule has 1 aromatic carbocycles. The molecule has 0 saturated carbocycles. The summed E-state index contributed by atoms with van der Waals surface area (Å²) in [5, 5.41) is 2.37. The number of nitrogens with two attached hydrogens (primary N) is 1. The number of carbonyl (C=O) groups excluding carboxylic acids is 1. The number of anilines is 1. The van der Waals surface area contributed by atoms with Gasteiger partial charge in [0.25, 0.3) is 0 Å². The maximum atomic E-state index is 12.1. The Morgan fingerprint density at radius 1 is 1.18 bits per heavy atom. The van der Waals surface area contributed by atoms with E-state index in [1.807, 2.05) is 0 Å². The van der Waals surface area contributed by atoms with E-state index >= 15 is 0 Å². The third kappa shape index (κ3) is 2.97. The molecule has 1 aromatic rings. The first-order valence-corrected chi connectivity index (χ1v) is 6.54. The Morgan fingerprint density at radius 3 is 2.00 bits per heavy atom. The lowest BCUT2D eigenvalue weighted by atomic mass is 10.3. The number of hydrogen-bond donors (Lipinski definition) is 2. The predicted molar refractivity (Wildman–Crippen MR) is 66.6 cm³/mol. The molecule has 3 N–H and O–H groups in total. The summed E-state index contributed by atoms with van der Waals surface area (Å²) in [6.07, 6.45) is 0. The number of urea groups is 1. The van der Waals surface area contributed by atoms with Gasteiger partial charge in [-0.15, -0.1) is 0 Å². The molecule has 0 radical (unpaired) electrons. The number of amides is 2. The highest BCUT2D eigenvalue weighted by molar-refractivity contribution is 7.92. The fourth-order valence-electron chi connectivity index (χ4n) is 1.21. The highest BCUT2D eigenvalue weighted by Crippen LogP contribution is 2.25. The van der Waals surface area contributed by atoms with E-state index in [1.54, 1.807) is 20.8 Å². The van der Waals surface area contributed by atoms with E-state index in [0.29, 0.717) is 5.69 Å². The normalized spacial score (nSPS) is 12.2. The van der Waals surface area contributed by atoms with Crippen molar-refractivity contribution < 1.29 is 13.2 Å². The highest BCUT2D eigenvalue weighted by Gasteiger charge is 2.30. The van der Waals surface area contributed by atoms with Crippen molar-refractivity contribution in [1.29, 1.82) is 0 Å². The van der Waals surface area contributed by atoms with Crippen molar-refractivity contribution in [3.8, 4) is 0 Å². The summed E-state index contributed by atoms with van der Waals surface area (Å²) in [6, 6.07) is 5.22. The molecule has 0 saturated heterocycles. The molecule has 1 rings (SSSR count). The lowest BCUT2D eigenvalue weighted by Crippen LogP contribution is -2.27. The zero-order valence-electron chi connectivity index (χ0n) is 10.0. The number of sulfone groups is 1. The summed E-state index contributed by atoms with van der Waals surface area (Å²) >= 11 is 0. The fraction of sp³-hybridized carbons (Fsp3) is 0.364. The molecule has 0 spiro atoms. The molecule has 0 aliphatic heterocycles. The first kappa shape index (κ1) is 13.5. The second kappa shape index (κ2) is 4.37. The third-order valence-electron chi connectivity index (χ3n) is 2.24. The average Bonchev–Trinajstić information content (AvgIpc) is 2.15. The first-order chi connectivity index (χ1) is 7.64. The van der Waals surface area contributed by atoms with Crippen LogP contribution in [0.25, 0.3) is 0 Å². The Morgan fingerprint density at radius 2 is 1.65 bits per heavy atom. The quantitative estimate of drug-likeness (QED) is 0.844. The van der Waals surface area contributed by atoms with Gasteiger partial charge in [-0.1, -0.05) is 0 Å². The van der Waals surface area contributed by atoms with Crippen LogP contribution in [0.5, 0.6) is 0 Å². The van der Waals surface area contributed by atoms with Crippen molar-refractivity contribution in [3.63, 3.8) is 0 Å². The van der Waals surface area contributed by atoms with Gasteiger partial charge in [-0.3, -0.25) is 0 Å². The van der Waals surface area contributed by atoms with Crippen LogP contribution in [0.2, 0.25) is 0 Å². The largest absolute Gasteiger partial charge is 0.351 e. The fourth-order valence-corrected chi connectivity index (χ4v) is 2.41. The van der Waals surface area contributed by atoms with Gasteiger partial charge in [-0.25, -0.2) is 13.2 Å². The van der Waals surface area contributed by atoms with Crippen LogP contribution >= 0.6 is 0 Å². The molecule has 0 aliphatic rings. The Balaban J connectivity index is 3.08. The monoisotopic (exact) mass is 256 g/mol. The van der Waals surface area contributed by atoms with Gasteiger partial charge in [0.1, 0.15) is 0 Å². The van der Waals surface area contributed by atoms with Crippen LogP contribution in [-0.2, 0) is 9.84 Å². The Hall–Kier alpha value is -1.56. The summed E-state index contributed by atoms with van der Waals surface area (Å²) in [7, 11) is -3.37. The van der Waals surface area contributed by atoms with Gasteiger partial charge >= 0.3 is 6.03 Å². The second-order valence-electron chi connectivity index (χ2n) is 4.63. The number of primary amides is 1. The number of nitrogens with one attached hydrogen (secondary N) is 1. The molecule has 0 fully saturated rings. The van der Waals surface area contributed by atoms with Crippen LogP contribution in [0.15, 0.2) is 29.2 Å². The van der Waals surface area contributed by atoms with E-state index < -0.39 is 20.6 Å². The molecule has 0 atom stereocenters. The Labute approximate surface area is 101 Å². The smallest absolute Gasteiger partial charge is 0.316 e. The lowest BCUT2D eigenvalue weighted by molar-refractivity contribution is 0.259. The number of benzene rings is 1. The third-order valence-corrected chi connectivity index (χ3v) is 4.74. The maximum absolute atomic E-state index is 12.1. The van der Waals surface area contributed by atoms with Gasteiger partial charge < -0.3 is 11.1 Å². The van der Waals surface area contributed by atoms with E-state index in [1.165, 1.54) is 24.3 Å². The summed E-state index contributed by atoms with van der Waals surface area (Å²) in [5.41, 5.74) is 5.41. The van der Waals surface area contributed by atoms with E-state index in [0.717, 1.165) is 0 Å². The predicted octanol–water partition coefficient (Wildman–Crippen LogP) is 1.75. The Bertz CT molecular complexity index is 513. The van der Waals surface area contributed by atoms with E-state index in [9.17, 15) is 13.2 Å². The van der Waals surface area contributed by atoms with Crippen molar-refractivity contribution in [2.24, 2.45) is 5.73 Å². The molecule has 94 valence electrons. The molecule has 5 nitrogen and oxygen atoms in total. The standard InChI is InChI=1S/C11H16N2O3S/c1-11(2,3)17(15,16)9-6-4-8(5-7-9)13-10(12)14/h4-7H,1-3H3,(H3,12,13,14). The molecule has 0 bridgehead atoms. The number of carbonyl (C=O) groups is 1. The van der Waals surface area contributed by atoms with Gasteiger partial charge in [-0.2, -0.15) is 0 Å². The van der Waals surface area contributed by atoms with Crippen LogP contribution in [0.1, 0.15) is 20.8 Å². The number of rotatable bonds is 2. The van der Waals surface area contributed by atoms with Gasteiger partial charge in [-0.05, 0) is 45.0 Å². The average molecular weight is 256 g/mol. The molecule has 0 aliphatic carbocycles. The van der Waals surface area contributed by atoms with Crippen molar-refractivity contribution >= 4 is 21.6 Å². The molecule has 0 unspecified atom stereocenters. The first-order valence-electron chi connectivity index (χ1n) is 5.06. The van der Waals surface area contributed by atoms with Crippen LogP contribution in [0.4, 0.5) is 10.5 Å². The van der Waals surface area contributed by atoms with E-state index in [-0.39, 0.29) is 4.90 Å². The topological polar surface area (TPSA) is 89.3 Å². The van der Waals surface area contributed by atoms with Crippen molar-refractivity contribution in [2.45, 2.75) is 30.4 Å². The van der Waals surface area contributed by atoms with Gasteiger partial charge in [0.2, 0.25) is 0 Å². The number of hydrogen-bond acceptors (Lipinski definition) is 3. The van der Waals surface area contributed by atoms with Crippen molar-refractivity contribution in [2.75, 3.05) is 5.32 Å². The maximum Gasteiger partial charge on any atom is 0.316 e. The lowest BCUT2D eigenvalue weighted by Gasteiger charge is -2.19. The van der Waals surface area contributed by atoms with Crippen LogP contribution in [0, 0.1) is 0 Å². The molecule has 17 heavy (non-hydrogen) atoms. The van der Waals surface area contributed by atoms with E-state index in [4.69, 9.17) is 5.73 Å². The zero-order valence-corrected chi connectivity index (χ0v) is 10.8. The summed E-state index contributed by atoms with van der Waals surface area (Å²) in [5.74, 6) is 0. The minimum atomic E-state index is -3.37. The van der Waals surface area contributed by atoms with Crippen LogP contribution < -0.4 is 11.1 Å². The van der Waals surface area contributed by atoms with Crippen molar-refractivity contribution in [3.05, 3.63) is 24.3 Å². The summed E-state index contributed by atoms with van der Waals surface area (Å²) in [6.45, 7) is 4.91. The summed E-state index contributed by atoms with van der Waals surface area (Å²) < 4.78 is 23.3. The minimum Gasteiger partial charge on any atom is -0.351 e. The van der Waals surface area contributed by atoms with Crippen LogP contribution in [-0.4, -0.2) is 19.2 Å². The molecule has 2 amide bonds. The van der Waals surface area contributed by atoms with Crippen molar-refractivity contribution in [1.82, 2.24) is 0 Å². The summed E-state index contributed by atoms with van der Waals surface area (Å²) in [4.78, 5) is 10.8. The second-order valence-corrected chi connectivity index (χ2v) is 7.33. The van der Waals surface area contributed by atoms with Gasteiger partial charge in [0.05, 0.1) is 9.64 Å². The zero-order chi connectivity index (χ0) is 13.3. The van der Waals surface area contributed by atoms with E-state index in [2.05, 4.69) is 5.32 Å². The molecule has 0 aromatic heterocycles. The minimum absolute atomic E-state index is 0.222. The van der Waals surface area contributed by atoms with Crippen LogP contribution in [0.3, 0.4) is 0 Å². The molecular weight excluding hydrogens is 240 g/mol. The van der Waals surface area contributed by atoms with Gasteiger partial charge in [0, 0.05) is 5.69 Å². The molecule has 6 heteroatoms.